The molecule has 1 aliphatic heterocycles. The maximum atomic E-state index is 14.4. The van der Waals surface area contributed by atoms with E-state index in [9.17, 15) is 9.18 Å². The number of hydrogen-bond donors (Lipinski definition) is 0. The highest BCUT2D eigenvalue weighted by Crippen LogP contribution is 2.36. The number of fused-ring (bicyclic) bond motifs is 1. The minimum absolute atomic E-state index is 0.118. The Morgan fingerprint density at radius 1 is 1.19 bits per heavy atom. The van der Waals surface area contributed by atoms with Gasteiger partial charge in [0.1, 0.15) is 5.82 Å². The quantitative estimate of drug-likeness (QED) is 0.763. The van der Waals surface area contributed by atoms with Crippen molar-refractivity contribution >= 4 is 17.2 Å². The fourth-order valence-electron chi connectivity index (χ4n) is 2.97. The maximum Gasteiger partial charge on any atom is 0.159 e. The van der Waals surface area contributed by atoms with Crippen molar-refractivity contribution in [1.82, 2.24) is 0 Å². The topological polar surface area (TPSA) is 20.3 Å². The van der Waals surface area contributed by atoms with E-state index in [4.69, 9.17) is 0 Å². The van der Waals surface area contributed by atoms with Gasteiger partial charge in [0, 0.05) is 17.8 Å². The molecule has 2 nitrogen and oxygen atoms in total. The number of halogens is 1. The predicted octanol–water partition coefficient (Wildman–Crippen LogP) is 4.36. The minimum atomic E-state index is -0.341. The second kappa shape index (κ2) is 5.32. The summed E-state index contributed by atoms with van der Waals surface area (Å²) in [4.78, 5) is 13.4. The lowest BCUT2D eigenvalue weighted by molar-refractivity contribution is 0.101. The first-order valence-electron chi connectivity index (χ1n) is 7.22. The lowest BCUT2D eigenvalue weighted by atomic mass is 9.93. The van der Waals surface area contributed by atoms with Crippen molar-refractivity contribution in [3.63, 3.8) is 0 Å². The molecular formula is C18H18FNO. The Bertz CT molecular complexity index is 695. The van der Waals surface area contributed by atoms with E-state index in [0.29, 0.717) is 17.2 Å². The summed E-state index contributed by atoms with van der Waals surface area (Å²) in [5, 5.41) is 0. The molecule has 1 heterocycles. The number of carbonyl (C=O) groups excluding carboxylic acids is 1. The van der Waals surface area contributed by atoms with E-state index in [2.05, 4.69) is 13.0 Å². The molecule has 3 rings (SSSR count). The summed E-state index contributed by atoms with van der Waals surface area (Å²) in [7, 11) is 0. The van der Waals surface area contributed by atoms with Crippen LogP contribution in [-0.4, -0.2) is 12.3 Å². The Hall–Kier alpha value is -2.16. The summed E-state index contributed by atoms with van der Waals surface area (Å²) in [6.45, 7) is 4.41. The van der Waals surface area contributed by atoms with E-state index in [0.717, 1.165) is 18.7 Å². The molecule has 0 spiro atoms. The van der Waals surface area contributed by atoms with Gasteiger partial charge in [-0.3, -0.25) is 4.79 Å². The van der Waals surface area contributed by atoms with Crippen LogP contribution < -0.4 is 4.90 Å². The van der Waals surface area contributed by atoms with Crippen LogP contribution in [0.15, 0.2) is 42.5 Å². The SMILES string of the molecule is CC(=O)c1ccc(N2CC(C)Cc3ccccc32)c(F)c1. The third-order valence-corrected chi connectivity index (χ3v) is 3.99. The molecule has 1 atom stereocenters. The van der Waals surface area contributed by atoms with Crippen LogP contribution in [0.3, 0.4) is 0 Å². The van der Waals surface area contributed by atoms with Crippen LogP contribution in [0.1, 0.15) is 29.8 Å². The number of benzene rings is 2. The van der Waals surface area contributed by atoms with Crippen molar-refractivity contribution in [3.8, 4) is 0 Å². The summed E-state index contributed by atoms with van der Waals surface area (Å²) in [6.07, 6.45) is 1.01. The first-order valence-corrected chi connectivity index (χ1v) is 7.22. The number of rotatable bonds is 2. The normalized spacial score (nSPS) is 17.5. The van der Waals surface area contributed by atoms with Gasteiger partial charge < -0.3 is 4.90 Å². The highest BCUT2D eigenvalue weighted by molar-refractivity contribution is 5.94. The van der Waals surface area contributed by atoms with Gasteiger partial charge in [-0.15, -0.1) is 0 Å². The van der Waals surface area contributed by atoms with Gasteiger partial charge in [-0.2, -0.15) is 0 Å². The summed E-state index contributed by atoms with van der Waals surface area (Å²) in [5.74, 6) is 0.00579. The fourth-order valence-corrected chi connectivity index (χ4v) is 2.97. The summed E-state index contributed by atoms with van der Waals surface area (Å²) >= 11 is 0. The third kappa shape index (κ3) is 2.56. The lowest BCUT2D eigenvalue weighted by Crippen LogP contribution is -2.31. The van der Waals surface area contributed by atoms with Crippen molar-refractivity contribution in [2.75, 3.05) is 11.4 Å². The molecule has 1 aliphatic rings. The van der Waals surface area contributed by atoms with Gasteiger partial charge in [-0.1, -0.05) is 25.1 Å². The first kappa shape index (κ1) is 13.8. The lowest BCUT2D eigenvalue weighted by Gasteiger charge is -2.35. The van der Waals surface area contributed by atoms with E-state index >= 15 is 0 Å². The highest BCUT2D eigenvalue weighted by atomic mass is 19.1. The summed E-state index contributed by atoms with van der Waals surface area (Å²) in [5.41, 5.74) is 3.25. The number of carbonyl (C=O) groups is 1. The van der Waals surface area contributed by atoms with Crippen LogP contribution in [0.2, 0.25) is 0 Å². The average molecular weight is 283 g/mol. The van der Waals surface area contributed by atoms with Gasteiger partial charge >= 0.3 is 0 Å². The molecule has 2 aromatic carbocycles. The zero-order chi connectivity index (χ0) is 15.0. The molecule has 0 bridgehead atoms. The molecule has 0 saturated heterocycles. The second-order valence-electron chi connectivity index (χ2n) is 5.77. The number of ketones is 1. The Morgan fingerprint density at radius 2 is 1.95 bits per heavy atom. The zero-order valence-electron chi connectivity index (χ0n) is 12.3. The molecule has 1 unspecified atom stereocenters. The van der Waals surface area contributed by atoms with Gasteiger partial charge in [0.25, 0.3) is 0 Å². The molecule has 0 N–H and O–H groups in total. The molecule has 0 amide bonds. The Balaban J connectivity index is 2.06. The van der Waals surface area contributed by atoms with Gasteiger partial charge in [-0.05, 0) is 49.1 Å². The molecule has 0 aromatic heterocycles. The summed E-state index contributed by atoms with van der Waals surface area (Å²) < 4.78 is 14.4. The zero-order valence-corrected chi connectivity index (χ0v) is 12.3. The molecule has 0 aliphatic carbocycles. The monoisotopic (exact) mass is 283 g/mol. The number of para-hydroxylation sites is 1. The van der Waals surface area contributed by atoms with Crippen molar-refractivity contribution in [3.05, 3.63) is 59.4 Å². The number of anilines is 2. The Morgan fingerprint density at radius 3 is 2.67 bits per heavy atom. The van der Waals surface area contributed by atoms with Crippen LogP contribution in [-0.2, 0) is 6.42 Å². The van der Waals surface area contributed by atoms with Crippen LogP contribution in [0, 0.1) is 11.7 Å². The Labute approximate surface area is 124 Å². The molecule has 0 radical (unpaired) electrons. The van der Waals surface area contributed by atoms with Crippen molar-refractivity contribution < 1.29 is 9.18 Å². The maximum absolute atomic E-state index is 14.4. The smallest absolute Gasteiger partial charge is 0.159 e. The van der Waals surface area contributed by atoms with E-state index in [-0.39, 0.29) is 11.6 Å². The van der Waals surface area contributed by atoms with E-state index < -0.39 is 0 Å². The van der Waals surface area contributed by atoms with Gasteiger partial charge in [0.2, 0.25) is 0 Å². The fraction of sp³-hybridized carbons (Fsp3) is 0.278. The van der Waals surface area contributed by atoms with Gasteiger partial charge in [0.15, 0.2) is 5.78 Å². The average Bonchev–Trinajstić information content (AvgIpc) is 2.46. The first-order chi connectivity index (χ1) is 10.1. The minimum Gasteiger partial charge on any atom is -0.339 e. The van der Waals surface area contributed by atoms with Crippen molar-refractivity contribution in [1.29, 1.82) is 0 Å². The standard InChI is InChI=1S/C18H18FNO/c1-12-9-15-5-3-4-6-17(15)20(11-12)18-8-7-14(13(2)21)10-16(18)19/h3-8,10,12H,9,11H2,1-2H3. The van der Waals surface area contributed by atoms with E-state index in [1.807, 2.05) is 23.1 Å². The molecule has 0 fully saturated rings. The Kier molecular flexibility index (Phi) is 3.50. The van der Waals surface area contributed by atoms with Crippen molar-refractivity contribution in [2.24, 2.45) is 5.92 Å². The number of hydrogen-bond acceptors (Lipinski definition) is 2. The number of nitrogens with zero attached hydrogens (tertiary/aromatic N) is 1. The second-order valence-corrected chi connectivity index (χ2v) is 5.77. The predicted molar refractivity (Wildman–Crippen MR) is 82.7 cm³/mol. The molecule has 3 heteroatoms. The molecule has 108 valence electrons. The van der Waals surface area contributed by atoms with E-state index in [1.54, 1.807) is 12.1 Å². The molecule has 0 saturated carbocycles. The molecular weight excluding hydrogens is 265 g/mol. The van der Waals surface area contributed by atoms with E-state index in [1.165, 1.54) is 18.6 Å². The highest BCUT2D eigenvalue weighted by Gasteiger charge is 2.24. The molecule has 21 heavy (non-hydrogen) atoms. The van der Waals surface area contributed by atoms with Gasteiger partial charge in [0.05, 0.1) is 5.69 Å². The third-order valence-electron chi connectivity index (χ3n) is 3.99. The van der Waals surface area contributed by atoms with Gasteiger partial charge in [-0.25, -0.2) is 4.39 Å². The largest absolute Gasteiger partial charge is 0.339 e. The van der Waals surface area contributed by atoms with Crippen LogP contribution in [0.5, 0.6) is 0 Å². The summed E-state index contributed by atoms with van der Waals surface area (Å²) in [6, 6.07) is 12.9. The van der Waals surface area contributed by atoms with Crippen LogP contribution >= 0.6 is 0 Å². The van der Waals surface area contributed by atoms with Crippen LogP contribution in [0.25, 0.3) is 0 Å². The number of Topliss-reactive ketones (excluding diaryl/α,β-unsaturated/α-hetero) is 1. The van der Waals surface area contributed by atoms with Crippen molar-refractivity contribution in [2.45, 2.75) is 20.3 Å². The van der Waals surface area contributed by atoms with Crippen LogP contribution in [0.4, 0.5) is 15.8 Å². The molecule has 2 aromatic rings.